The Labute approximate surface area is 122 Å². The summed E-state index contributed by atoms with van der Waals surface area (Å²) in [5, 5.41) is 3.32. The van der Waals surface area contributed by atoms with Crippen molar-refractivity contribution in [3.05, 3.63) is 64.9 Å². The molecule has 0 saturated carbocycles. The van der Waals surface area contributed by atoms with Gasteiger partial charge in [-0.15, -0.1) is 0 Å². The number of benzene rings is 1. The average Bonchev–Trinajstić information content (AvgIpc) is 2.84. The first kappa shape index (κ1) is 13.6. The lowest BCUT2D eigenvalue weighted by Crippen LogP contribution is -2.26. The Bertz CT molecular complexity index is 762. The van der Waals surface area contributed by atoms with E-state index in [2.05, 4.69) is 10.3 Å². The van der Waals surface area contributed by atoms with Crippen LogP contribution in [0.25, 0.3) is 11.1 Å². The van der Waals surface area contributed by atoms with Gasteiger partial charge in [-0.2, -0.15) is 0 Å². The molecule has 0 aliphatic carbocycles. The fraction of sp³-hybridized carbons (Fsp3) is 0.250. The van der Waals surface area contributed by atoms with Gasteiger partial charge in [-0.05, 0) is 24.3 Å². The highest BCUT2D eigenvalue weighted by Gasteiger charge is 2.07. The number of nitrogens with zero attached hydrogens (tertiary/aromatic N) is 2. The largest absolute Gasteiger partial charge is 0.419 e. The molecule has 3 aromatic rings. The first-order chi connectivity index (χ1) is 10.3. The maximum Gasteiger partial charge on any atom is 0.419 e. The molecule has 0 spiro atoms. The third kappa shape index (κ3) is 3.20. The Morgan fingerprint density at radius 1 is 1.10 bits per heavy atom. The van der Waals surface area contributed by atoms with Crippen LogP contribution < -0.4 is 11.1 Å². The van der Waals surface area contributed by atoms with E-state index in [9.17, 15) is 4.79 Å². The number of para-hydroxylation sites is 2. The van der Waals surface area contributed by atoms with Gasteiger partial charge in [0.2, 0.25) is 0 Å². The number of hydrogen-bond donors (Lipinski definition) is 1. The fourth-order valence-electron chi connectivity index (χ4n) is 2.30. The minimum atomic E-state index is -0.303. The predicted molar refractivity (Wildman–Crippen MR) is 81.3 cm³/mol. The van der Waals surface area contributed by atoms with Crippen LogP contribution in [0, 0.1) is 0 Å². The highest BCUT2D eigenvalue weighted by molar-refractivity contribution is 5.72. The number of oxazole rings is 1. The van der Waals surface area contributed by atoms with Gasteiger partial charge in [0.05, 0.1) is 5.52 Å². The minimum absolute atomic E-state index is 0.303. The van der Waals surface area contributed by atoms with Crippen molar-refractivity contribution in [2.24, 2.45) is 0 Å². The van der Waals surface area contributed by atoms with Crippen molar-refractivity contribution in [2.45, 2.75) is 13.0 Å². The van der Waals surface area contributed by atoms with E-state index in [4.69, 9.17) is 4.42 Å². The Kier molecular flexibility index (Phi) is 4.12. The SMILES string of the molecule is O=c1oc2ccccc2n1CCNCCc1ccccn1. The van der Waals surface area contributed by atoms with Crippen molar-refractivity contribution in [1.82, 2.24) is 14.9 Å². The van der Waals surface area contributed by atoms with Crippen LogP contribution >= 0.6 is 0 Å². The molecule has 108 valence electrons. The van der Waals surface area contributed by atoms with Gasteiger partial charge >= 0.3 is 5.76 Å². The average molecular weight is 283 g/mol. The van der Waals surface area contributed by atoms with Crippen LogP contribution in [0.15, 0.2) is 57.9 Å². The predicted octanol–water partition coefficient (Wildman–Crippen LogP) is 1.82. The number of aromatic nitrogens is 2. The lowest BCUT2D eigenvalue weighted by molar-refractivity contribution is 0.494. The molecule has 5 nitrogen and oxygen atoms in total. The Balaban J connectivity index is 1.53. The highest BCUT2D eigenvalue weighted by Crippen LogP contribution is 2.10. The van der Waals surface area contributed by atoms with Crippen LogP contribution in [0.5, 0.6) is 0 Å². The number of rotatable bonds is 6. The quantitative estimate of drug-likeness (QED) is 0.701. The minimum Gasteiger partial charge on any atom is -0.408 e. The van der Waals surface area contributed by atoms with Gasteiger partial charge < -0.3 is 9.73 Å². The molecule has 0 radical (unpaired) electrons. The van der Waals surface area contributed by atoms with Gasteiger partial charge in [0, 0.05) is 37.9 Å². The summed E-state index contributed by atoms with van der Waals surface area (Å²) in [5.41, 5.74) is 2.54. The number of hydrogen-bond acceptors (Lipinski definition) is 4. The molecular weight excluding hydrogens is 266 g/mol. The lowest BCUT2D eigenvalue weighted by atomic mass is 10.3. The van der Waals surface area contributed by atoms with E-state index < -0.39 is 0 Å². The van der Waals surface area contributed by atoms with Gasteiger partial charge in [-0.3, -0.25) is 9.55 Å². The van der Waals surface area contributed by atoms with Crippen molar-refractivity contribution in [2.75, 3.05) is 13.1 Å². The maximum absolute atomic E-state index is 11.8. The van der Waals surface area contributed by atoms with Crippen molar-refractivity contribution in [3.63, 3.8) is 0 Å². The molecule has 21 heavy (non-hydrogen) atoms. The molecule has 0 saturated heterocycles. The van der Waals surface area contributed by atoms with Crippen molar-refractivity contribution < 1.29 is 4.42 Å². The standard InChI is InChI=1S/C16H17N3O2/c20-16-19(14-6-1-2-7-15(14)21-16)12-11-17-10-8-13-5-3-4-9-18-13/h1-7,9,17H,8,10-12H2. The van der Waals surface area contributed by atoms with E-state index in [1.165, 1.54) is 0 Å². The summed E-state index contributed by atoms with van der Waals surface area (Å²) in [6, 6.07) is 13.4. The summed E-state index contributed by atoms with van der Waals surface area (Å²) < 4.78 is 6.85. The van der Waals surface area contributed by atoms with Gasteiger partial charge in [-0.25, -0.2) is 4.79 Å². The van der Waals surface area contributed by atoms with E-state index >= 15 is 0 Å². The lowest BCUT2D eigenvalue weighted by Gasteiger charge is -2.05. The molecule has 3 rings (SSSR count). The molecule has 1 aromatic carbocycles. The molecule has 2 heterocycles. The van der Waals surface area contributed by atoms with Gasteiger partial charge in [0.1, 0.15) is 0 Å². The maximum atomic E-state index is 11.8. The molecular formula is C16H17N3O2. The molecule has 2 aromatic heterocycles. The molecule has 0 atom stereocenters. The zero-order chi connectivity index (χ0) is 14.5. The topological polar surface area (TPSA) is 60.1 Å². The van der Waals surface area contributed by atoms with Gasteiger partial charge in [0.25, 0.3) is 0 Å². The molecule has 1 N–H and O–H groups in total. The van der Waals surface area contributed by atoms with Crippen LogP contribution in [0.2, 0.25) is 0 Å². The Morgan fingerprint density at radius 3 is 2.81 bits per heavy atom. The normalized spacial score (nSPS) is 11.0. The smallest absolute Gasteiger partial charge is 0.408 e. The first-order valence-electron chi connectivity index (χ1n) is 7.03. The van der Waals surface area contributed by atoms with Crippen molar-refractivity contribution >= 4 is 11.1 Å². The zero-order valence-electron chi connectivity index (χ0n) is 11.7. The number of nitrogens with one attached hydrogen (secondary N) is 1. The van der Waals surface area contributed by atoms with E-state index in [1.807, 2.05) is 42.5 Å². The van der Waals surface area contributed by atoms with Gasteiger partial charge in [-0.1, -0.05) is 18.2 Å². The van der Waals surface area contributed by atoms with E-state index in [1.54, 1.807) is 10.8 Å². The summed E-state index contributed by atoms with van der Waals surface area (Å²) in [7, 11) is 0. The van der Waals surface area contributed by atoms with Gasteiger partial charge in [0.15, 0.2) is 5.58 Å². The van der Waals surface area contributed by atoms with E-state index in [-0.39, 0.29) is 5.76 Å². The van der Waals surface area contributed by atoms with E-state index in [0.717, 1.165) is 30.7 Å². The summed E-state index contributed by atoms with van der Waals surface area (Å²) in [5.74, 6) is -0.303. The van der Waals surface area contributed by atoms with Crippen LogP contribution in [0.1, 0.15) is 5.69 Å². The second kappa shape index (κ2) is 6.37. The molecule has 0 fully saturated rings. The molecule has 0 bridgehead atoms. The fourth-order valence-corrected chi connectivity index (χ4v) is 2.30. The summed E-state index contributed by atoms with van der Waals surface area (Å²) in [6.07, 6.45) is 2.67. The number of pyridine rings is 1. The number of fused-ring (bicyclic) bond motifs is 1. The summed E-state index contributed by atoms with van der Waals surface area (Å²) in [6.45, 7) is 2.15. The van der Waals surface area contributed by atoms with Crippen molar-refractivity contribution in [1.29, 1.82) is 0 Å². The molecule has 0 unspecified atom stereocenters. The van der Waals surface area contributed by atoms with Crippen LogP contribution in [0.3, 0.4) is 0 Å². The monoisotopic (exact) mass is 283 g/mol. The second-order valence-electron chi connectivity index (χ2n) is 4.81. The van der Waals surface area contributed by atoms with Crippen LogP contribution in [0.4, 0.5) is 0 Å². The second-order valence-corrected chi connectivity index (χ2v) is 4.81. The Morgan fingerprint density at radius 2 is 1.95 bits per heavy atom. The third-order valence-electron chi connectivity index (χ3n) is 3.37. The highest BCUT2D eigenvalue weighted by atomic mass is 16.4. The van der Waals surface area contributed by atoms with Crippen LogP contribution in [-0.2, 0) is 13.0 Å². The first-order valence-corrected chi connectivity index (χ1v) is 7.03. The summed E-state index contributed by atoms with van der Waals surface area (Å²) >= 11 is 0. The summed E-state index contributed by atoms with van der Waals surface area (Å²) in [4.78, 5) is 16.1. The van der Waals surface area contributed by atoms with Crippen LogP contribution in [-0.4, -0.2) is 22.6 Å². The third-order valence-corrected chi connectivity index (χ3v) is 3.37. The zero-order valence-corrected chi connectivity index (χ0v) is 11.7. The van der Waals surface area contributed by atoms with Crippen molar-refractivity contribution in [3.8, 4) is 0 Å². The molecule has 5 heteroatoms. The Hall–Kier alpha value is -2.40. The molecule has 0 aliphatic rings. The molecule has 0 amide bonds. The van der Waals surface area contributed by atoms with E-state index in [0.29, 0.717) is 12.1 Å². The molecule has 0 aliphatic heterocycles.